The summed E-state index contributed by atoms with van der Waals surface area (Å²) in [5.41, 5.74) is 5.04. The van der Waals surface area contributed by atoms with Crippen molar-refractivity contribution in [3.05, 3.63) is 0 Å². The molecular formula is C12H22N2. The zero-order valence-electron chi connectivity index (χ0n) is 9.47. The van der Waals surface area contributed by atoms with Gasteiger partial charge in [-0.2, -0.15) is 5.10 Å². The fourth-order valence-electron chi connectivity index (χ4n) is 3.13. The fourth-order valence-corrected chi connectivity index (χ4v) is 3.13. The van der Waals surface area contributed by atoms with Crippen molar-refractivity contribution in [3.63, 3.8) is 0 Å². The Morgan fingerprint density at radius 3 is 2.57 bits per heavy atom. The summed E-state index contributed by atoms with van der Waals surface area (Å²) in [5.74, 6) is 0.863. The summed E-state index contributed by atoms with van der Waals surface area (Å²) in [4.78, 5) is 0. The summed E-state index contributed by atoms with van der Waals surface area (Å²) in [7, 11) is 0. The average Bonchev–Trinajstić information content (AvgIpc) is 2.63. The second kappa shape index (κ2) is 3.92. The smallest absolute Gasteiger partial charge is 0.0626 e. The van der Waals surface area contributed by atoms with E-state index in [9.17, 15) is 0 Å². The molecular weight excluding hydrogens is 172 g/mol. The molecule has 2 rings (SSSR count). The van der Waals surface area contributed by atoms with Crippen LogP contribution in [0.5, 0.6) is 0 Å². The van der Waals surface area contributed by atoms with Crippen LogP contribution >= 0.6 is 0 Å². The number of nitrogens with zero attached hydrogens (tertiary/aromatic N) is 1. The van der Waals surface area contributed by atoms with Crippen LogP contribution in [0.1, 0.15) is 58.8 Å². The number of hydrogen-bond donors (Lipinski definition) is 1. The third-order valence-corrected chi connectivity index (χ3v) is 4.06. The molecule has 80 valence electrons. The molecule has 2 nitrogen and oxygen atoms in total. The number of nitrogens with one attached hydrogen (secondary N) is 1. The second-order valence-corrected chi connectivity index (χ2v) is 4.98. The van der Waals surface area contributed by atoms with Gasteiger partial charge in [0.25, 0.3) is 0 Å². The number of rotatable bonds is 2. The van der Waals surface area contributed by atoms with E-state index in [-0.39, 0.29) is 0 Å². The van der Waals surface area contributed by atoms with Crippen LogP contribution in [-0.2, 0) is 0 Å². The number of hydrogen-bond acceptors (Lipinski definition) is 2. The predicted octanol–water partition coefficient (Wildman–Crippen LogP) is 3.08. The van der Waals surface area contributed by atoms with Gasteiger partial charge < -0.3 is 5.43 Å². The molecule has 1 fully saturated rings. The zero-order valence-corrected chi connectivity index (χ0v) is 9.47. The minimum atomic E-state index is 0.324. The van der Waals surface area contributed by atoms with Gasteiger partial charge in [-0.1, -0.05) is 26.2 Å². The van der Waals surface area contributed by atoms with E-state index in [4.69, 9.17) is 0 Å². The van der Waals surface area contributed by atoms with Crippen molar-refractivity contribution >= 4 is 5.71 Å². The maximum Gasteiger partial charge on any atom is 0.0626 e. The molecule has 0 aromatic rings. The Morgan fingerprint density at radius 1 is 1.36 bits per heavy atom. The van der Waals surface area contributed by atoms with Crippen LogP contribution in [-0.4, -0.2) is 11.3 Å². The minimum absolute atomic E-state index is 0.324. The molecule has 1 aliphatic heterocycles. The SMILES string of the molecule is CCC1(C2CCCCC2)CC(C)=NN1. The van der Waals surface area contributed by atoms with E-state index in [2.05, 4.69) is 24.4 Å². The van der Waals surface area contributed by atoms with Crippen molar-refractivity contribution in [2.75, 3.05) is 0 Å². The first kappa shape index (κ1) is 10.0. The normalized spacial score (nSPS) is 34.0. The summed E-state index contributed by atoms with van der Waals surface area (Å²) < 4.78 is 0. The second-order valence-electron chi connectivity index (χ2n) is 4.98. The van der Waals surface area contributed by atoms with E-state index in [1.54, 1.807) is 0 Å². The highest BCUT2D eigenvalue weighted by Crippen LogP contribution is 2.38. The van der Waals surface area contributed by atoms with Gasteiger partial charge in [-0.15, -0.1) is 0 Å². The van der Waals surface area contributed by atoms with E-state index in [1.807, 2.05) is 0 Å². The Labute approximate surface area is 87.2 Å². The van der Waals surface area contributed by atoms with Gasteiger partial charge in [-0.25, -0.2) is 0 Å². The summed E-state index contributed by atoms with van der Waals surface area (Å²) >= 11 is 0. The van der Waals surface area contributed by atoms with Crippen LogP contribution in [0.2, 0.25) is 0 Å². The fraction of sp³-hybridized carbons (Fsp3) is 0.917. The summed E-state index contributed by atoms with van der Waals surface area (Å²) in [6.45, 7) is 4.45. The molecule has 0 aromatic carbocycles. The molecule has 1 unspecified atom stereocenters. The van der Waals surface area contributed by atoms with Crippen molar-refractivity contribution in [2.24, 2.45) is 11.0 Å². The highest BCUT2D eigenvalue weighted by Gasteiger charge is 2.40. The van der Waals surface area contributed by atoms with Gasteiger partial charge in [0.05, 0.1) is 5.54 Å². The van der Waals surface area contributed by atoms with Crippen LogP contribution in [0.4, 0.5) is 0 Å². The van der Waals surface area contributed by atoms with E-state index in [1.165, 1.54) is 50.7 Å². The topological polar surface area (TPSA) is 24.4 Å². The Morgan fingerprint density at radius 2 is 2.07 bits per heavy atom. The molecule has 0 amide bonds. The van der Waals surface area contributed by atoms with Gasteiger partial charge in [0, 0.05) is 12.1 Å². The van der Waals surface area contributed by atoms with Crippen LogP contribution in [0, 0.1) is 5.92 Å². The van der Waals surface area contributed by atoms with E-state index < -0.39 is 0 Å². The minimum Gasteiger partial charge on any atom is -0.303 e. The summed E-state index contributed by atoms with van der Waals surface area (Å²) in [6, 6.07) is 0. The lowest BCUT2D eigenvalue weighted by atomic mass is 9.72. The van der Waals surface area contributed by atoms with Crippen LogP contribution in [0.3, 0.4) is 0 Å². The summed E-state index contributed by atoms with van der Waals surface area (Å²) in [5, 5.41) is 4.40. The predicted molar refractivity (Wildman–Crippen MR) is 60.5 cm³/mol. The number of hydrazone groups is 1. The molecule has 1 aliphatic carbocycles. The Balaban J connectivity index is 2.05. The summed E-state index contributed by atoms with van der Waals surface area (Å²) in [6.07, 6.45) is 9.50. The quantitative estimate of drug-likeness (QED) is 0.717. The molecule has 0 bridgehead atoms. The Bertz CT molecular complexity index is 228. The molecule has 2 heteroatoms. The van der Waals surface area contributed by atoms with Crippen LogP contribution < -0.4 is 5.43 Å². The average molecular weight is 194 g/mol. The van der Waals surface area contributed by atoms with E-state index in [0.29, 0.717) is 5.54 Å². The molecule has 0 radical (unpaired) electrons. The zero-order chi connectivity index (χ0) is 10.0. The lowest BCUT2D eigenvalue weighted by Crippen LogP contribution is -2.46. The van der Waals surface area contributed by atoms with Crippen molar-refractivity contribution in [3.8, 4) is 0 Å². The van der Waals surface area contributed by atoms with Crippen LogP contribution in [0.15, 0.2) is 5.10 Å². The van der Waals surface area contributed by atoms with Gasteiger partial charge >= 0.3 is 0 Å². The molecule has 0 saturated heterocycles. The van der Waals surface area contributed by atoms with Crippen molar-refractivity contribution in [1.29, 1.82) is 0 Å². The highest BCUT2D eigenvalue weighted by atomic mass is 15.4. The lowest BCUT2D eigenvalue weighted by Gasteiger charge is -2.38. The first-order valence-electron chi connectivity index (χ1n) is 6.07. The van der Waals surface area contributed by atoms with Gasteiger partial charge in [-0.05, 0) is 32.1 Å². The standard InChI is InChI=1S/C12H22N2/c1-3-12(9-10(2)13-14-12)11-7-5-4-6-8-11/h11,14H,3-9H2,1-2H3. The molecule has 1 atom stereocenters. The molecule has 1 saturated carbocycles. The molecule has 1 heterocycles. The molecule has 0 spiro atoms. The third kappa shape index (κ3) is 1.67. The molecule has 14 heavy (non-hydrogen) atoms. The molecule has 2 aliphatic rings. The largest absolute Gasteiger partial charge is 0.303 e. The lowest BCUT2D eigenvalue weighted by molar-refractivity contribution is 0.172. The van der Waals surface area contributed by atoms with E-state index >= 15 is 0 Å². The van der Waals surface area contributed by atoms with Gasteiger partial charge in [0.1, 0.15) is 0 Å². The Hall–Kier alpha value is -0.530. The maximum absolute atomic E-state index is 4.40. The van der Waals surface area contributed by atoms with Crippen LogP contribution in [0.25, 0.3) is 0 Å². The highest BCUT2D eigenvalue weighted by molar-refractivity contribution is 5.84. The van der Waals surface area contributed by atoms with Crippen molar-refractivity contribution < 1.29 is 0 Å². The first-order valence-corrected chi connectivity index (χ1v) is 6.07. The monoisotopic (exact) mass is 194 g/mol. The Kier molecular flexibility index (Phi) is 2.80. The van der Waals surface area contributed by atoms with Gasteiger partial charge in [-0.3, -0.25) is 0 Å². The molecule has 1 N–H and O–H groups in total. The maximum atomic E-state index is 4.40. The van der Waals surface area contributed by atoms with Gasteiger partial charge in [0.15, 0.2) is 0 Å². The third-order valence-electron chi connectivity index (χ3n) is 4.06. The van der Waals surface area contributed by atoms with E-state index in [0.717, 1.165) is 5.92 Å². The van der Waals surface area contributed by atoms with Crippen molar-refractivity contribution in [2.45, 2.75) is 64.3 Å². The van der Waals surface area contributed by atoms with Crippen molar-refractivity contribution in [1.82, 2.24) is 5.43 Å². The van der Waals surface area contributed by atoms with Gasteiger partial charge in [0.2, 0.25) is 0 Å². The molecule has 0 aromatic heterocycles. The first-order chi connectivity index (χ1) is 6.77.